The molecule has 4 nitrogen and oxygen atoms in total. The van der Waals surface area contributed by atoms with Crippen molar-refractivity contribution in [3.8, 4) is 0 Å². The van der Waals surface area contributed by atoms with Crippen LogP contribution in [0.5, 0.6) is 0 Å². The first-order valence-electron chi connectivity index (χ1n) is 6.91. The van der Waals surface area contributed by atoms with Gasteiger partial charge in [0.25, 0.3) is 0 Å². The molecule has 0 N–H and O–H groups in total. The number of hydrogen-bond acceptors (Lipinski definition) is 3. The zero-order valence-electron chi connectivity index (χ0n) is 11.8. The van der Waals surface area contributed by atoms with E-state index in [9.17, 15) is 0 Å². The zero-order valence-corrected chi connectivity index (χ0v) is 11.8. The van der Waals surface area contributed by atoms with E-state index in [2.05, 4.69) is 64.0 Å². The second-order valence-corrected chi connectivity index (χ2v) is 4.86. The van der Waals surface area contributed by atoms with Crippen LogP contribution < -0.4 is 5.01 Å². The number of aromatic nitrogens is 3. The highest BCUT2D eigenvalue weighted by Gasteiger charge is 2.13. The van der Waals surface area contributed by atoms with Crippen molar-refractivity contribution in [3.63, 3.8) is 0 Å². The number of fused-ring (bicyclic) bond motifs is 1. The van der Waals surface area contributed by atoms with Crippen molar-refractivity contribution in [1.82, 2.24) is 14.6 Å². The molecule has 20 heavy (non-hydrogen) atoms. The summed E-state index contributed by atoms with van der Waals surface area (Å²) in [4.78, 5) is 8.39. The Labute approximate surface area is 118 Å². The maximum Gasteiger partial charge on any atom is 0.150 e. The standard InChI is InChI=1S/C16H18N4/c1-3-10-19(16-8-9-17-12-18-16)20-11-13(2)14-6-4-5-7-15(14)20/h4-9,11-12H,3,10H2,1-2H3. The summed E-state index contributed by atoms with van der Waals surface area (Å²) in [6.45, 7) is 5.23. The van der Waals surface area contributed by atoms with Crippen LogP contribution >= 0.6 is 0 Å². The van der Waals surface area contributed by atoms with Gasteiger partial charge in [-0.2, -0.15) is 0 Å². The lowest BCUT2D eigenvalue weighted by atomic mass is 10.2. The zero-order chi connectivity index (χ0) is 13.9. The summed E-state index contributed by atoms with van der Waals surface area (Å²) in [7, 11) is 0. The van der Waals surface area contributed by atoms with E-state index < -0.39 is 0 Å². The molecule has 0 aliphatic carbocycles. The van der Waals surface area contributed by atoms with Crippen LogP contribution in [-0.2, 0) is 0 Å². The fourth-order valence-electron chi connectivity index (χ4n) is 2.51. The molecule has 102 valence electrons. The van der Waals surface area contributed by atoms with Gasteiger partial charge in [0.2, 0.25) is 0 Å². The van der Waals surface area contributed by atoms with Crippen molar-refractivity contribution in [2.45, 2.75) is 20.3 Å². The topological polar surface area (TPSA) is 34.0 Å². The Bertz CT molecular complexity index is 703. The average Bonchev–Trinajstić information content (AvgIpc) is 2.83. The third kappa shape index (κ3) is 2.13. The highest BCUT2D eigenvalue weighted by Crippen LogP contribution is 2.23. The largest absolute Gasteiger partial charge is 0.264 e. The van der Waals surface area contributed by atoms with E-state index in [0.717, 1.165) is 18.8 Å². The van der Waals surface area contributed by atoms with Gasteiger partial charge in [-0.1, -0.05) is 25.1 Å². The number of aryl methyl sites for hydroxylation is 1. The summed E-state index contributed by atoms with van der Waals surface area (Å²) in [6.07, 6.45) is 6.60. The molecule has 2 aromatic heterocycles. The van der Waals surface area contributed by atoms with Crippen LogP contribution in [0.25, 0.3) is 10.9 Å². The Hall–Kier alpha value is -2.36. The van der Waals surface area contributed by atoms with Crippen molar-refractivity contribution >= 4 is 16.7 Å². The van der Waals surface area contributed by atoms with Crippen molar-refractivity contribution < 1.29 is 0 Å². The van der Waals surface area contributed by atoms with Crippen LogP contribution in [0.15, 0.2) is 49.1 Å². The monoisotopic (exact) mass is 266 g/mol. The van der Waals surface area contributed by atoms with E-state index in [4.69, 9.17) is 0 Å². The van der Waals surface area contributed by atoms with Gasteiger partial charge in [-0.15, -0.1) is 0 Å². The molecule has 0 saturated carbocycles. The molecule has 0 spiro atoms. The molecule has 2 heterocycles. The summed E-state index contributed by atoms with van der Waals surface area (Å²) in [6, 6.07) is 10.4. The summed E-state index contributed by atoms with van der Waals surface area (Å²) in [5.74, 6) is 0.919. The van der Waals surface area contributed by atoms with Crippen molar-refractivity contribution in [2.24, 2.45) is 0 Å². The first kappa shape index (κ1) is 12.7. The van der Waals surface area contributed by atoms with Crippen molar-refractivity contribution in [2.75, 3.05) is 11.6 Å². The number of hydrogen-bond donors (Lipinski definition) is 0. The fourth-order valence-corrected chi connectivity index (χ4v) is 2.51. The number of rotatable bonds is 4. The smallest absolute Gasteiger partial charge is 0.150 e. The third-order valence-electron chi connectivity index (χ3n) is 3.42. The van der Waals surface area contributed by atoms with E-state index >= 15 is 0 Å². The van der Waals surface area contributed by atoms with E-state index in [0.29, 0.717) is 0 Å². The molecule has 0 fully saturated rings. The Balaban J connectivity index is 2.15. The molecule has 3 rings (SSSR count). The Kier molecular flexibility index (Phi) is 3.37. The third-order valence-corrected chi connectivity index (χ3v) is 3.42. The van der Waals surface area contributed by atoms with Crippen molar-refractivity contribution in [1.29, 1.82) is 0 Å². The molecule has 0 aliphatic rings. The van der Waals surface area contributed by atoms with E-state index in [1.165, 1.54) is 16.5 Å². The average molecular weight is 266 g/mol. The summed E-state index contributed by atoms with van der Waals surface area (Å²) < 4.78 is 2.19. The highest BCUT2D eigenvalue weighted by atomic mass is 15.6. The van der Waals surface area contributed by atoms with Crippen LogP contribution in [-0.4, -0.2) is 21.2 Å². The molecule has 0 bridgehead atoms. The lowest BCUT2D eigenvalue weighted by molar-refractivity contribution is 0.683. The maximum atomic E-state index is 4.38. The fraction of sp³-hybridized carbons (Fsp3) is 0.250. The Morgan fingerprint density at radius 1 is 1.20 bits per heavy atom. The van der Waals surface area contributed by atoms with E-state index in [1.54, 1.807) is 12.5 Å². The van der Waals surface area contributed by atoms with Gasteiger partial charge in [0.1, 0.15) is 6.33 Å². The second kappa shape index (κ2) is 5.33. The number of anilines is 1. The molecular weight excluding hydrogens is 248 g/mol. The normalized spacial score (nSPS) is 10.9. The summed E-state index contributed by atoms with van der Waals surface area (Å²) >= 11 is 0. The first-order valence-corrected chi connectivity index (χ1v) is 6.91. The SMILES string of the molecule is CCCN(c1ccncn1)n1cc(C)c2ccccc21. The molecule has 3 aromatic rings. The van der Waals surface area contributed by atoms with Gasteiger partial charge < -0.3 is 0 Å². The molecule has 1 aromatic carbocycles. The minimum absolute atomic E-state index is 0.912. The molecular formula is C16H18N4. The van der Waals surface area contributed by atoms with Gasteiger partial charge in [0, 0.05) is 30.4 Å². The second-order valence-electron chi connectivity index (χ2n) is 4.86. The van der Waals surface area contributed by atoms with Crippen LogP contribution in [0.4, 0.5) is 5.82 Å². The number of benzene rings is 1. The Morgan fingerprint density at radius 2 is 2.05 bits per heavy atom. The van der Waals surface area contributed by atoms with Crippen LogP contribution in [0.2, 0.25) is 0 Å². The van der Waals surface area contributed by atoms with Crippen LogP contribution in [0.3, 0.4) is 0 Å². The molecule has 0 aliphatic heterocycles. The van der Waals surface area contributed by atoms with Gasteiger partial charge in [-0.05, 0) is 25.0 Å². The maximum absolute atomic E-state index is 4.38. The number of para-hydroxylation sites is 1. The van der Waals surface area contributed by atoms with Gasteiger partial charge in [-0.25, -0.2) is 9.97 Å². The van der Waals surface area contributed by atoms with E-state index in [-0.39, 0.29) is 0 Å². The molecule has 0 unspecified atom stereocenters. The molecule has 0 atom stereocenters. The quantitative estimate of drug-likeness (QED) is 0.725. The van der Waals surface area contributed by atoms with Crippen LogP contribution in [0.1, 0.15) is 18.9 Å². The van der Waals surface area contributed by atoms with Crippen molar-refractivity contribution in [3.05, 3.63) is 54.6 Å². The van der Waals surface area contributed by atoms with Gasteiger partial charge in [-0.3, -0.25) is 9.69 Å². The first-order chi connectivity index (χ1) is 9.81. The molecule has 4 heteroatoms. The highest BCUT2D eigenvalue weighted by molar-refractivity contribution is 5.84. The van der Waals surface area contributed by atoms with Gasteiger partial charge in [0.05, 0.1) is 5.52 Å². The van der Waals surface area contributed by atoms with Gasteiger partial charge >= 0.3 is 0 Å². The lowest BCUT2D eigenvalue weighted by Crippen LogP contribution is -2.30. The van der Waals surface area contributed by atoms with Gasteiger partial charge in [0.15, 0.2) is 5.82 Å². The summed E-state index contributed by atoms with van der Waals surface area (Å²) in [5, 5.41) is 3.47. The van der Waals surface area contributed by atoms with E-state index in [1.807, 2.05) is 6.07 Å². The molecule has 0 amide bonds. The lowest BCUT2D eigenvalue weighted by Gasteiger charge is -2.25. The molecule has 0 saturated heterocycles. The predicted octanol–water partition coefficient (Wildman–Crippen LogP) is 3.42. The predicted molar refractivity (Wildman–Crippen MR) is 81.7 cm³/mol. The Morgan fingerprint density at radius 3 is 2.80 bits per heavy atom. The minimum atomic E-state index is 0.912. The number of nitrogens with zero attached hydrogens (tertiary/aromatic N) is 4. The minimum Gasteiger partial charge on any atom is -0.264 e. The van der Waals surface area contributed by atoms with Crippen LogP contribution in [0, 0.1) is 6.92 Å². The summed E-state index contributed by atoms with van der Waals surface area (Å²) in [5.41, 5.74) is 2.48. The molecule has 0 radical (unpaired) electrons.